The van der Waals surface area contributed by atoms with Crippen LogP contribution in [0.3, 0.4) is 0 Å². The first kappa shape index (κ1) is 32.6. The van der Waals surface area contributed by atoms with Crippen molar-refractivity contribution in [3.8, 4) is 6.07 Å². The molecule has 1 radical (unpaired) electrons. The van der Waals surface area contributed by atoms with Crippen molar-refractivity contribution in [1.82, 2.24) is 5.32 Å². The molecule has 2 aromatic carbocycles. The third kappa shape index (κ3) is 11.1. The van der Waals surface area contributed by atoms with E-state index in [0.717, 1.165) is 12.1 Å². The van der Waals surface area contributed by atoms with Gasteiger partial charge in [-0.1, -0.05) is 80.3 Å². The predicted molar refractivity (Wildman–Crippen MR) is 129 cm³/mol. The zero-order valence-electron chi connectivity index (χ0n) is 16.0. The Balaban J connectivity index is -0.000000419. The van der Waals surface area contributed by atoms with E-state index in [1.54, 1.807) is 0 Å². The Bertz CT molecular complexity index is 814. The molecule has 3 rings (SSSR count). The Hall–Kier alpha value is -1.05. The van der Waals surface area contributed by atoms with E-state index in [1.807, 2.05) is 35.6 Å². The van der Waals surface area contributed by atoms with Gasteiger partial charge in [0.25, 0.3) is 0 Å². The molecule has 0 saturated carbocycles. The van der Waals surface area contributed by atoms with Crippen molar-refractivity contribution < 1.29 is 32.7 Å². The molecule has 0 bridgehead atoms. The fourth-order valence-electron chi connectivity index (χ4n) is 2.40. The zero-order valence-corrected chi connectivity index (χ0v) is 19.6. The summed E-state index contributed by atoms with van der Waals surface area (Å²) >= 11 is 1.88. The molecule has 0 unspecified atom stereocenters. The maximum Gasteiger partial charge on any atom is 0.0991 e. The molecule has 29 heavy (non-hydrogen) atoms. The van der Waals surface area contributed by atoms with E-state index in [0.29, 0.717) is 12.0 Å². The number of hydrogen-bond acceptors (Lipinski definition) is 3. The summed E-state index contributed by atoms with van der Waals surface area (Å²) in [6, 6.07) is 21.2. The van der Waals surface area contributed by atoms with Crippen LogP contribution in [-0.2, 0) is 39.3 Å². The first-order chi connectivity index (χ1) is 12.0. The van der Waals surface area contributed by atoms with E-state index < -0.39 is 0 Å². The molecule has 0 atom stereocenters. The Morgan fingerprint density at radius 2 is 1.59 bits per heavy atom. The van der Waals surface area contributed by atoms with Crippen molar-refractivity contribution in [3.05, 3.63) is 70.6 Å². The number of nitriles is 1. The summed E-state index contributed by atoms with van der Waals surface area (Å²) in [6.45, 7) is 9.57. The molecule has 0 saturated heterocycles. The molecule has 0 fully saturated rings. The molecule has 0 amide bonds. The van der Waals surface area contributed by atoms with Crippen molar-refractivity contribution in [3.63, 3.8) is 0 Å². The molecular formula is C25H38N2SY. The average molecular weight is 488 g/mol. The smallest absolute Gasteiger partial charge is 0.0991 e. The van der Waals surface area contributed by atoms with Gasteiger partial charge in [-0.2, -0.15) is 5.26 Å². The first-order valence-electron chi connectivity index (χ1n) is 8.70. The predicted octanol–water partition coefficient (Wildman–Crippen LogP) is 7.99. The minimum absolute atomic E-state index is 0. The van der Waals surface area contributed by atoms with E-state index in [-0.39, 0.29) is 55.0 Å². The van der Waals surface area contributed by atoms with Crippen LogP contribution in [0.5, 0.6) is 0 Å². The van der Waals surface area contributed by atoms with Crippen molar-refractivity contribution in [2.24, 2.45) is 0 Å². The van der Waals surface area contributed by atoms with Crippen LogP contribution < -0.4 is 5.32 Å². The van der Waals surface area contributed by atoms with Crippen LogP contribution in [0.2, 0.25) is 0 Å². The number of nitrogens with one attached hydrogen (secondary N) is 1. The number of benzene rings is 2. The van der Waals surface area contributed by atoms with Crippen LogP contribution in [0, 0.1) is 11.3 Å². The minimum atomic E-state index is 0. The second-order valence-corrected chi connectivity index (χ2v) is 7.85. The summed E-state index contributed by atoms with van der Waals surface area (Å²) in [4.78, 5) is 1.42. The van der Waals surface area contributed by atoms with Gasteiger partial charge in [-0.3, -0.25) is 0 Å². The van der Waals surface area contributed by atoms with Crippen molar-refractivity contribution in [2.75, 3.05) is 0 Å². The standard InChI is InChI=1S/C12H15NS.C10H11N.3CH4.Y/c1-9(2)13-8-11-7-10-5-3-4-6-12(10)14-11;1-8(2)10-5-3-4-9(6-10)7-11;;;;/h3-7,9,13H,8H2,1-2H3;3-6,8H,1-2H3;3*1H4;. The maximum atomic E-state index is 8.59. The SMILES string of the molecule is C.C.C.CC(C)NCc1cc2ccccc2s1.CC(C)c1cccc(C#N)c1.[Y]. The van der Waals surface area contributed by atoms with Gasteiger partial charge in [0.05, 0.1) is 11.6 Å². The summed E-state index contributed by atoms with van der Waals surface area (Å²) in [7, 11) is 0. The van der Waals surface area contributed by atoms with E-state index in [2.05, 4.69) is 69.4 Å². The monoisotopic (exact) mass is 487 g/mol. The van der Waals surface area contributed by atoms with Gasteiger partial charge in [0, 0.05) is 54.9 Å². The molecule has 3 aromatic rings. The zero-order chi connectivity index (χ0) is 18.2. The average Bonchev–Trinajstić information content (AvgIpc) is 3.03. The van der Waals surface area contributed by atoms with Crippen LogP contribution in [0.4, 0.5) is 0 Å². The summed E-state index contributed by atoms with van der Waals surface area (Å²) in [5, 5.41) is 13.4. The number of thiophene rings is 1. The first-order valence-corrected chi connectivity index (χ1v) is 9.52. The van der Waals surface area contributed by atoms with Crippen LogP contribution in [0.1, 0.15) is 71.9 Å². The van der Waals surface area contributed by atoms with E-state index in [9.17, 15) is 0 Å². The molecule has 1 N–H and O–H groups in total. The molecule has 4 heteroatoms. The summed E-state index contributed by atoms with van der Waals surface area (Å²) in [5.74, 6) is 0.503. The molecule has 2 nitrogen and oxygen atoms in total. The second-order valence-electron chi connectivity index (χ2n) is 6.68. The van der Waals surface area contributed by atoms with Gasteiger partial charge in [0.1, 0.15) is 0 Å². The molecular weight excluding hydrogens is 449 g/mol. The van der Waals surface area contributed by atoms with Crippen LogP contribution in [0.15, 0.2) is 54.6 Å². The van der Waals surface area contributed by atoms with Crippen molar-refractivity contribution in [1.29, 1.82) is 5.26 Å². The van der Waals surface area contributed by atoms with Gasteiger partial charge in [-0.05, 0) is 41.1 Å². The molecule has 0 aliphatic rings. The molecule has 157 valence electrons. The Kier molecular flexibility index (Phi) is 18.8. The third-order valence-electron chi connectivity index (χ3n) is 3.84. The fourth-order valence-corrected chi connectivity index (χ4v) is 3.41. The molecule has 0 spiro atoms. The minimum Gasteiger partial charge on any atom is -0.310 e. The van der Waals surface area contributed by atoms with Gasteiger partial charge in [0.15, 0.2) is 0 Å². The van der Waals surface area contributed by atoms with Crippen molar-refractivity contribution in [2.45, 2.75) is 68.5 Å². The quantitative estimate of drug-likeness (QED) is 0.405. The van der Waals surface area contributed by atoms with E-state index in [4.69, 9.17) is 5.26 Å². The third-order valence-corrected chi connectivity index (χ3v) is 4.96. The molecule has 1 aromatic heterocycles. The topological polar surface area (TPSA) is 35.8 Å². The normalized spacial score (nSPS) is 9.14. The summed E-state index contributed by atoms with van der Waals surface area (Å²) in [6.07, 6.45) is 0. The Morgan fingerprint density at radius 1 is 0.931 bits per heavy atom. The maximum absolute atomic E-state index is 8.59. The van der Waals surface area contributed by atoms with Gasteiger partial charge in [-0.25, -0.2) is 0 Å². The van der Waals surface area contributed by atoms with Gasteiger partial charge < -0.3 is 5.32 Å². The van der Waals surface area contributed by atoms with Gasteiger partial charge in [-0.15, -0.1) is 11.3 Å². The number of hydrogen-bond donors (Lipinski definition) is 1. The molecule has 0 aliphatic carbocycles. The fraction of sp³-hybridized carbons (Fsp3) is 0.400. The van der Waals surface area contributed by atoms with Crippen LogP contribution in [-0.4, -0.2) is 6.04 Å². The van der Waals surface area contributed by atoms with Crippen LogP contribution in [0.25, 0.3) is 10.1 Å². The second kappa shape index (κ2) is 16.7. The number of fused-ring (bicyclic) bond motifs is 1. The Morgan fingerprint density at radius 3 is 2.14 bits per heavy atom. The van der Waals surface area contributed by atoms with Crippen molar-refractivity contribution >= 4 is 21.4 Å². The number of rotatable bonds is 4. The molecule has 0 aliphatic heterocycles. The van der Waals surface area contributed by atoms with Gasteiger partial charge >= 0.3 is 0 Å². The summed E-state index contributed by atoms with van der Waals surface area (Å²) < 4.78 is 1.38. The summed E-state index contributed by atoms with van der Waals surface area (Å²) in [5.41, 5.74) is 1.97. The van der Waals surface area contributed by atoms with Gasteiger partial charge in [0.2, 0.25) is 0 Å². The van der Waals surface area contributed by atoms with E-state index >= 15 is 0 Å². The Labute approximate surface area is 208 Å². The largest absolute Gasteiger partial charge is 0.310 e. The molecule has 1 heterocycles. The number of nitrogens with zero attached hydrogens (tertiary/aromatic N) is 1. The van der Waals surface area contributed by atoms with Crippen LogP contribution >= 0.6 is 11.3 Å². The van der Waals surface area contributed by atoms with E-state index in [1.165, 1.54) is 20.5 Å².